The van der Waals surface area contributed by atoms with Crippen LogP contribution in [0.1, 0.15) is 22.2 Å². The van der Waals surface area contributed by atoms with Crippen molar-refractivity contribution in [1.82, 2.24) is 9.80 Å². The maximum atomic E-state index is 13.2. The Kier molecular flexibility index (Phi) is 5.36. The molecule has 0 spiro atoms. The first-order valence-corrected chi connectivity index (χ1v) is 9.95. The highest BCUT2D eigenvalue weighted by molar-refractivity contribution is 7.10. The second kappa shape index (κ2) is 7.89. The summed E-state index contributed by atoms with van der Waals surface area (Å²) in [7, 11) is 0. The normalized spacial score (nSPS) is 18.5. The molecule has 4 rings (SSSR count). The van der Waals surface area contributed by atoms with Gasteiger partial charge in [0.25, 0.3) is 0 Å². The predicted octanol–water partition coefficient (Wildman–Crippen LogP) is 5.56. The summed E-state index contributed by atoms with van der Waals surface area (Å²) in [5.41, 5.74) is 2.40. The molecular formula is C21H20ClFN2S. The third-order valence-corrected chi connectivity index (χ3v) is 5.93. The number of halogens is 2. The van der Waals surface area contributed by atoms with E-state index in [2.05, 4.69) is 39.4 Å². The first kappa shape index (κ1) is 17.7. The monoisotopic (exact) mass is 386 g/mol. The van der Waals surface area contributed by atoms with Gasteiger partial charge in [-0.1, -0.05) is 41.9 Å². The smallest absolute Gasteiger partial charge is 0.123 e. The third kappa shape index (κ3) is 3.99. The quantitative estimate of drug-likeness (QED) is 0.566. The average molecular weight is 387 g/mol. The largest absolute Gasteiger partial charge is 0.278 e. The number of hydrogen-bond acceptors (Lipinski definition) is 3. The molecule has 1 fully saturated rings. The molecule has 0 aliphatic carbocycles. The Hall–Kier alpha value is -1.72. The molecule has 0 bridgehead atoms. The van der Waals surface area contributed by atoms with Crippen LogP contribution in [-0.4, -0.2) is 22.9 Å². The van der Waals surface area contributed by atoms with Gasteiger partial charge in [-0.05, 0) is 46.8 Å². The van der Waals surface area contributed by atoms with Crippen LogP contribution in [0.2, 0.25) is 5.02 Å². The molecule has 1 saturated heterocycles. The molecule has 5 heteroatoms. The van der Waals surface area contributed by atoms with E-state index in [1.54, 1.807) is 11.3 Å². The molecule has 2 heterocycles. The first-order valence-electron chi connectivity index (χ1n) is 8.69. The van der Waals surface area contributed by atoms with Crippen molar-refractivity contribution in [2.24, 2.45) is 0 Å². The van der Waals surface area contributed by atoms with Crippen molar-refractivity contribution in [3.05, 3.63) is 92.9 Å². The lowest BCUT2D eigenvalue weighted by Gasteiger charge is -2.29. The minimum Gasteiger partial charge on any atom is -0.278 e. The molecule has 0 amide bonds. The molecule has 0 radical (unpaired) electrons. The Morgan fingerprint density at radius 3 is 2.00 bits per heavy atom. The summed E-state index contributed by atoms with van der Waals surface area (Å²) in [6.45, 7) is 3.71. The van der Waals surface area contributed by atoms with Crippen molar-refractivity contribution in [2.45, 2.75) is 19.3 Å². The fourth-order valence-electron chi connectivity index (χ4n) is 3.51. The van der Waals surface area contributed by atoms with E-state index in [0.29, 0.717) is 0 Å². The summed E-state index contributed by atoms with van der Waals surface area (Å²) in [6.07, 6.45) is 0.246. The second-order valence-corrected chi connectivity index (χ2v) is 8.00. The number of nitrogens with zero attached hydrogens (tertiary/aromatic N) is 2. The molecule has 3 aromatic rings. The highest BCUT2D eigenvalue weighted by Crippen LogP contribution is 2.35. The molecule has 134 valence electrons. The van der Waals surface area contributed by atoms with Crippen LogP contribution in [0.4, 0.5) is 4.39 Å². The van der Waals surface area contributed by atoms with Gasteiger partial charge in [0.15, 0.2) is 0 Å². The van der Waals surface area contributed by atoms with Gasteiger partial charge in [0.1, 0.15) is 5.82 Å². The summed E-state index contributed by atoms with van der Waals surface area (Å²) in [4.78, 5) is 6.31. The molecule has 2 nitrogen and oxygen atoms in total. The van der Waals surface area contributed by atoms with Gasteiger partial charge in [-0.2, -0.15) is 0 Å². The van der Waals surface area contributed by atoms with E-state index in [-0.39, 0.29) is 12.0 Å². The zero-order valence-corrected chi connectivity index (χ0v) is 15.9. The van der Waals surface area contributed by atoms with Gasteiger partial charge in [-0.15, -0.1) is 11.3 Å². The van der Waals surface area contributed by atoms with E-state index in [4.69, 9.17) is 11.6 Å². The van der Waals surface area contributed by atoms with E-state index in [9.17, 15) is 4.39 Å². The number of benzene rings is 2. The SMILES string of the molecule is Fc1ccc(CN2CCN(Cc3ccc(Cl)cc3)[C@@H]2c2cccs2)cc1. The summed E-state index contributed by atoms with van der Waals surface area (Å²) in [6, 6.07) is 19.2. The summed E-state index contributed by atoms with van der Waals surface area (Å²) in [5, 5.41) is 2.90. The highest BCUT2D eigenvalue weighted by Gasteiger charge is 2.33. The van der Waals surface area contributed by atoms with Gasteiger partial charge < -0.3 is 0 Å². The molecule has 0 unspecified atom stereocenters. The Balaban J connectivity index is 1.55. The fourth-order valence-corrected chi connectivity index (χ4v) is 4.53. The number of rotatable bonds is 5. The van der Waals surface area contributed by atoms with Gasteiger partial charge in [-0.3, -0.25) is 9.80 Å². The van der Waals surface area contributed by atoms with Crippen molar-refractivity contribution in [1.29, 1.82) is 0 Å². The van der Waals surface area contributed by atoms with Crippen molar-refractivity contribution >= 4 is 22.9 Å². The van der Waals surface area contributed by atoms with E-state index in [0.717, 1.165) is 36.8 Å². The summed E-state index contributed by atoms with van der Waals surface area (Å²) < 4.78 is 13.2. The van der Waals surface area contributed by atoms with Gasteiger partial charge >= 0.3 is 0 Å². The van der Waals surface area contributed by atoms with E-state index >= 15 is 0 Å². The van der Waals surface area contributed by atoms with Crippen molar-refractivity contribution in [3.63, 3.8) is 0 Å². The fraction of sp³-hybridized carbons (Fsp3) is 0.238. The Morgan fingerprint density at radius 1 is 0.885 bits per heavy atom. The molecule has 26 heavy (non-hydrogen) atoms. The van der Waals surface area contributed by atoms with Crippen LogP contribution >= 0.6 is 22.9 Å². The Morgan fingerprint density at radius 2 is 1.46 bits per heavy atom. The average Bonchev–Trinajstić information content (AvgIpc) is 3.29. The van der Waals surface area contributed by atoms with Gasteiger partial charge in [0.2, 0.25) is 0 Å². The second-order valence-electron chi connectivity index (χ2n) is 6.58. The lowest BCUT2D eigenvalue weighted by Crippen LogP contribution is -2.29. The Labute approximate surface area is 162 Å². The number of hydrogen-bond donors (Lipinski definition) is 0. The van der Waals surface area contributed by atoms with Gasteiger partial charge in [0, 0.05) is 36.1 Å². The van der Waals surface area contributed by atoms with Crippen LogP contribution in [0.3, 0.4) is 0 Å². The van der Waals surface area contributed by atoms with Crippen LogP contribution in [0.5, 0.6) is 0 Å². The predicted molar refractivity (Wildman–Crippen MR) is 106 cm³/mol. The molecule has 1 aromatic heterocycles. The standard InChI is InChI=1S/C21H20ClFN2S/c22-18-7-3-16(4-8-18)14-24-11-12-25(21(24)20-2-1-13-26-20)15-17-5-9-19(23)10-6-17/h1-10,13,21H,11-12,14-15H2/t21-/m0/s1. The van der Waals surface area contributed by atoms with E-state index in [1.807, 2.05) is 24.3 Å². The van der Waals surface area contributed by atoms with Crippen LogP contribution < -0.4 is 0 Å². The lowest BCUT2D eigenvalue weighted by atomic mass is 10.2. The van der Waals surface area contributed by atoms with Crippen LogP contribution in [0.25, 0.3) is 0 Å². The van der Waals surface area contributed by atoms with E-state index < -0.39 is 0 Å². The molecule has 1 aliphatic heterocycles. The topological polar surface area (TPSA) is 6.48 Å². The Bertz CT molecular complexity index is 778. The zero-order chi connectivity index (χ0) is 17.9. The molecular weight excluding hydrogens is 367 g/mol. The minimum absolute atomic E-state index is 0.186. The van der Waals surface area contributed by atoms with E-state index in [1.165, 1.54) is 22.6 Å². The highest BCUT2D eigenvalue weighted by atomic mass is 35.5. The lowest BCUT2D eigenvalue weighted by molar-refractivity contribution is 0.129. The molecule has 2 aromatic carbocycles. The molecule has 1 atom stereocenters. The zero-order valence-electron chi connectivity index (χ0n) is 14.3. The minimum atomic E-state index is -0.186. The maximum absolute atomic E-state index is 13.2. The van der Waals surface area contributed by atoms with Gasteiger partial charge in [0.05, 0.1) is 6.17 Å². The van der Waals surface area contributed by atoms with Crippen molar-refractivity contribution < 1.29 is 4.39 Å². The molecule has 1 aliphatic rings. The summed E-state index contributed by atoms with van der Waals surface area (Å²) in [5.74, 6) is -0.186. The molecule has 0 saturated carbocycles. The van der Waals surface area contributed by atoms with Crippen molar-refractivity contribution in [2.75, 3.05) is 13.1 Å². The maximum Gasteiger partial charge on any atom is 0.123 e. The summed E-state index contributed by atoms with van der Waals surface area (Å²) >= 11 is 7.81. The molecule has 0 N–H and O–H groups in total. The van der Waals surface area contributed by atoms with Crippen LogP contribution in [0.15, 0.2) is 66.0 Å². The first-order chi connectivity index (χ1) is 12.7. The van der Waals surface area contributed by atoms with Crippen molar-refractivity contribution in [3.8, 4) is 0 Å². The third-order valence-electron chi connectivity index (χ3n) is 4.76. The van der Waals surface area contributed by atoms with Crippen LogP contribution in [-0.2, 0) is 13.1 Å². The van der Waals surface area contributed by atoms with Crippen LogP contribution in [0, 0.1) is 5.82 Å². The number of thiophene rings is 1. The van der Waals surface area contributed by atoms with Gasteiger partial charge in [-0.25, -0.2) is 4.39 Å².